The van der Waals surface area contributed by atoms with Crippen molar-refractivity contribution in [1.82, 2.24) is 14.7 Å². The Bertz CT molecular complexity index is 669. The Balaban J connectivity index is 2.48. The van der Waals surface area contributed by atoms with Crippen LogP contribution in [0.5, 0.6) is 0 Å². The van der Waals surface area contributed by atoms with Crippen molar-refractivity contribution in [3.05, 3.63) is 46.7 Å². The summed E-state index contributed by atoms with van der Waals surface area (Å²) >= 11 is 5.83. The second kappa shape index (κ2) is 5.76. The lowest BCUT2D eigenvalue weighted by Crippen LogP contribution is -2.26. The summed E-state index contributed by atoms with van der Waals surface area (Å²) in [6.45, 7) is 2.43. The molecule has 0 fully saturated rings. The van der Waals surface area contributed by atoms with Crippen LogP contribution in [0, 0.1) is 11.3 Å². The van der Waals surface area contributed by atoms with Crippen molar-refractivity contribution >= 4 is 17.5 Å². The van der Waals surface area contributed by atoms with Crippen molar-refractivity contribution in [3.8, 4) is 11.8 Å². The molecule has 0 aliphatic heterocycles. The minimum Gasteiger partial charge on any atom is -0.342 e. The summed E-state index contributed by atoms with van der Waals surface area (Å²) < 4.78 is 1.44. The van der Waals surface area contributed by atoms with Gasteiger partial charge in [-0.2, -0.15) is 10.4 Å². The molecule has 2 rings (SSSR count). The minimum atomic E-state index is -0.218. The maximum absolute atomic E-state index is 12.2. The largest absolute Gasteiger partial charge is 0.342 e. The van der Waals surface area contributed by atoms with Crippen LogP contribution in [0.1, 0.15) is 23.0 Å². The van der Waals surface area contributed by atoms with E-state index in [0.717, 1.165) is 0 Å². The Morgan fingerprint density at radius 3 is 2.65 bits per heavy atom. The van der Waals surface area contributed by atoms with E-state index >= 15 is 0 Å². The van der Waals surface area contributed by atoms with Gasteiger partial charge in [-0.15, -0.1) is 0 Å². The fourth-order valence-electron chi connectivity index (χ4n) is 1.74. The molecule has 20 heavy (non-hydrogen) atoms. The molecule has 0 spiro atoms. The first kappa shape index (κ1) is 14.1. The summed E-state index contributed by atoms with van der Waals surface area (Å²) in [5.41, 5.74) is 1.20. The fourth-order valence-corrected chi connectivity index (χ4v) is 1.87. The summed E-state index contributed by atoms with van der Waals surface area (Å²) in [4.78, 5) is 13.7. The maximum Gasteiger partial charge on any atom is 0.258 e. The first-order chi connectivity index (χ1) is 9.58. The van der Waals surface area contributed by atoms with Crippen LogP contribution in [0.15, 0.2) is 30.5 Å². The van der Waals surface area contributed by atoms with E-state index in [1.807, 2.05) is 13.0 Å². The van der Waals surface area contributed by atoms with Gasteiger partial charge in [0, 0.05) is 18.6 Å². The standard InChI is InChI=1S/C14H13ClN4O/c1-3-18(2)14(20)12-9-17-19(13(12)8-16)11-6-4-10(15)5-7-11/h4-7,9H,3H2,1-2H3. The van der Waals surface area contributed by atoms with Gasteiger partial charge in [0.05, 0.1) is 17.4 Å². The number of aromatic nitrogens is 2. The number of nitriles is 1. The number of amides is 1. The summed E-state index contributed by atoms with van der Waals surface area (Å²) in [5, 5.41) is 14.0. The molecule has 1 amide bonds. The Hall–Kier alpha value is -2.32. The third kappa shape index (κ3) is 2.51. The average molecular weight is 289 g/mol. The zero-order valence-corrected chi connectivity index (χ0v) is 11.9. The Morgan fingerprint density at radius 1 is 1.45 bits per heavy atom. The fraction of sp³-hybridized carbons (Fsp3) is 0.214. The van der Waals surface area contributed by atoms with Crippen molar-refractivity contribution in [2.45, 2.75) is 6.92 Å². The predicted molar refractivity (Wildman–Crippen MR) is 75.9 cm³/mol. The van der Waals surface area contributed by atoms with Crippen molar-refractivity contribution in [2.75, 3.05) is 13.6 Å². The molecular formula is C14H13ClN4O. The van der Waals surface area contributed by atoms with E-state index < -0.39 is 0 Å². The van der Waals surface area contributed by atoms with Gasteiger partial charge in [-0.25, -0.2) is 4.68 Å². The monoisotopic (exact) mass is 288 g/mol. The van der Waals surface area contributed by atoms with Gasteiger partial charge in [-0.05, 0) is 31.2 Å². The second-order valence-corrected chi connectivity index (χ2v) is 4.66. The molecule has 2 aromatic rings. The molecule has 0 aliphatic rings. The first-order valence-electron chi connectivity index (χ1n) is 6.08. The highest BCUT2D eigenvalue weighted by molar-refractivity contribution is 6.30. The molecule has 0 saturated heterocycles. The predicted octanol–water partition coefficient (Wildman–Crippen LogP) is 2.49. The molecule has 0 aliphatic carbocycles. The summed E-state index contributed by atoms with van der Waals surface area (Å²) in [5.74, 6) is -0.218. The topological polar surface area (TPSA) is 61.9 Å². The van der Waals surface area contributed by atoms with Crippen LogP contribution < -0.4 is 0 Å². The number of hydrogen-bond donors (Lipinski definition) is 0. The smallest absolute Gasteiger partial charge is 0.258 e. The number of rotatable bonds is 3. The van der Waals surface area contributed by atoms with Crippen LogP contribution in [0.2, 0.25) is 5.02 Å². The van der Waals surface area contributed by atoms with Crippen molar-refractivity contribution in [1.29, 1.82) is 5.26 Å². The van der Waals surface area contributed by atoms with Gasteiger partial charge in [0.15, 0.2) is 5.69 Å². The molecule has 0 bridgehead atoms. The summed E-state index contributed by atoms with van der Waals surface area (Å²) in [6.07, 6.45) is 1.42. The van der Waals surface area contributed by atoms with Crippen LogP contribution >= 0.6 is 11.6 Å². The summed E-state index contributed by atoms with van der Waals surface area (Å²) in [6, 6.07) is 8.94. The lowest BCUT2D eigenvalue weighted by atomic mass is 10.2. The Morgan fingerprint density at radius 2 is 2.10 bits per heavy atom. The van der Waals surface area contributed by atoms with Gasteiger partial charge in [0.25, 0.3) is 5.91 Å². The van der Waals surface area contributed by atoms with E-state index in [9.17, 15) is 10.1 Å². The molecule has 0 saturated carbocycles. The zero-order chi connectivity index (χ0) is 14.7. The number of hydrogen-bond acceptors (Lipinski definition) is 3. The van der Waals surface area contributed by atoms with Crippen LogP contribution in [0.4, 0.5) is 0 Å². The molecule has 0 unspecified atom stereocenters. The van der Waals surface area contributed by atoms with Gasteiger partial charge in [-0.1, -0.05) is 11.6 Å². The van der Waals surface area contributed by atoms with E-state index in [-0.39, 0.29) is 11.6 Å². The van der Waals surface area contributed by atoms with Gasteiger partial charge < -0.3 is 4.90 Å². The molecule has 102 valence electrons. The lowest BCUT2D eigenvalue weighted by molar-refractivity contribution is 0.0802. The first-order valence-corrected chi connectivity index (χ1v) is 6.45. The second-order valence-electron chi connectivity index (χ2n) is 4.23. The van der Waals surface area contributed by atoms with Crippen molar-refractivity contribution < 1.29 is 4.79 Å². The summed E-state index contributed by atoms with van der Waals surface area (Å²) in [7, 11) is 1.68. The third-order valence-electron chi connectivity index (χ3n) is 3.00. The molecule has 0 atom stereocenters. The average Bonchev–Trinajstić information content (AvgIpc) is 2.90. The molecule has 6 heteroatoms. The SMILES string of the molecule is CCN(C)C(=O)c1cnn(-c2ccc(Cl)cc2)c1C#N. The normalized spacial score (nSPS) is 10.1. The van der Waals surface area contributed by atoms with E-state index in [0.29, 0.717) is 22.8 Å². The molecule has 1 heterocycles. The number of halogens is 1. The van der Waals surface area contributed by atoms with Crippen LogP contribution in [-0.2, 0) is 0 Å². The number of nitrogens with zero attached hydrogens (tertiary/aromatic N) is 4. The zero-order valence-electron chi connectivity index (χ0n) is 11.2. The quantitative estimate of drug-likeness (QED) is 0.872. The highest BCUT2D eigenvalue weighted by atomic mass is 35.5. The maximum atomic E-state index is 12.2. The van der Waals surface area contributed by atoms with E-state index in [4.69, 9.17) is 11.6 Å². The molecule has 1 aromatic heterocycles. The van der Waals surface area contributed by atoms with Gasteiger partial charge in [0.1, 0.15) is 6.07 Å². The van der Waals surface area contributed by atoms with E-state index in [1.54, 1.807) is 31.3 Å². The highest BCUT2D eigenvalue weighted by Crippen LogP contribution is 2.17. The van der Waals surface area contributed by atoms with Crippen LogP contribution in [0.25, 0.3) is 5.69 Å². The molecule has 0 radical (unpaired) electrons. The number of benzene rings is 1. The molecule has 1 aromatic carbocycles. The third-order valence-corrected chi connectivity index (χ3v) is 3.25. The van der Waals surface area contributed by atoms with Crippen LogP contribution in [-0.4, -0.2) is 34.2 Å². The number of carbonyl (C=O) groups is 1. The molecular weight excluding hydrogens is 276 g/mol. The highest BCUT2D eigenvalue weighted by Gasteiger charge is 2.20. The van der Waals surface area contributed by atoms with Gasteiger partial charge in [0.2, 0.25) is 0 Å². The lowest BCUT2D eigenvalue weighted by Gasteiger charge is -2.13. The van der Waals surface area contributed by atoms with Gasteiger partial charge in [-0.3, -0.25) is 4.79 Å². The molecule has 5 nitrogen and oxygen atoms in total. The van der Waals surface area contributed by atoms with Crippen molar-refractivity contribution in [3.63, 3.8) is 0 Å². The Kier molecular flexibility index (Phi) is 4.06. The molecule has 0 N–H and O–H groups in total. The van der Waals surface area contributed by atoms with Crippen LogP contribution in [0.3, 0.4) is 0 Å². The minimum absolute atomic E-state index is 0.218. The Labute approximate surface area is 122 Å². The van der Waals surface area contributed by atoms with E-state index in [1.165, 1.54) is 15.8 Å². The van der Waals surface area contributed by atoms with Gasteiger partial charge >= 0.3 is 0 Å². The van der Waals surface area contributed by atoms with Crippen molar-refractivity contribution in [2.24, 2.45) is 0 Å². The van der Waals surface area contributed by atoms with E-state index in [2.05, 4.69) is 5.10 Å². The number of carbonyl (C=O) groups excluding carboxylic acids is 1.